The molecule has 0 fully saturated rings. The van der Waals surface area contributed by atoms with E-state index in [-0.39, 0.29) is 4.75 Å². The highest BCUT2D eigenvalue weighted by Gasteiger charge is 2.37. The second kappa shape index (κ2) is 11.3. The number of rotatable bonds is 10. The molecule has 0 bridgehead atoms. The summed E-state index contributed by atoms with van der Waals surface area (Å²) < 4.78 is 4.88. The van der Waals surface area contributed by atoms with Gasteiger partial charge in [0, 0.05) is 0 Å². The largest absolute Gasteiger partial charge is 0.367 e. The highest BCUT2D eigenvalue weighted by molar-refractivity contribution is 9.10. The summed E-state index contributed by atoms with van der Waals surface area (Å²) in [6.07, 6.45) is 12.0. The average molecular weight is 500 g/mol. The van der Waals surface area contributed by atoms with Crippen molar-refractivity contribution in [2.45, 2.75) is 42.1 Å². The van der Waals surface area contributed by atoms with E-state index in [1.54, 1.807) is 0 Å². The van der Waals surface area contributed by atoms with E-state index in [2.05, 4.69) is 107 Å². The number of aliphatic hydroxyl groups is 1. The number of thioether (sulfide) groups is 1. The van der Waals surface area contributed by atoms with Crippen LogP contribution in [-0.2, 0) is 9.48 Å². The van der Waals surface area contributed by atoms with E-state index in [1.165, 1.54) is 16.7 Å². The van der Waals surface area contributed by atoms with E-state index >= 15 is 0 Å². The molecule has 0 spiro atoms. The van der Waals surface area contributed by atoms with Crippen LogP contribution in [0.25, 0.3) is 0 Å². The maximum atomic E-state index is 10.1. The minimum absolute atomic E-state index is 0.318. The Morgan fingerprint density at radius 1 is 1.00 bits per heavy atom. The summed E-state index contributed by atoms with van der Waals surface area (Å²) in [6.45, 7) is 4.32. The van der Waals surface area contributed by atoms with E-state index in [0.717, 1.165) is 18.6 Å². The molecule has 0 saturated carbocycles. The van der Waals surface area contributed by atoms with Crippen molar-refractivity contribution < 1.29 is 9.84 Å². The van der Waals surface area contributed by atoms with Crippen LogP contribution in [0.15, 0.2) is 96.6 Å². The van der Waals surface area contributed by atoms with Crippen molar-refractivity contribution in [2.75, 3.05) is 12.4 Å². The predicted octanol–water partition coefficient (Wildman–Crippen LogP) is 7.00. The van der Waals surface area contributed by atoms with Gasteiger partial charge in [-0.15, -0.1) is 11.8 Å². The van der Waals surface area contributed by atoms with Gasteiger partial charge in [-0.05, 0) is 49.1 Å². The zero-order valence-corrected chi connectivity index (χ0v) is 20.6. The van der Waals surface area contributed by atoms with E-state index in [9.17, 15) is 5.11 Å². The van der Waals surface area contributed by atoms with Crippen molar-refractivity contribution in [3.8, 4) is 0 Å². The summed E-state index contributed by atoms with van der Waals surface area (Å²) in [6, 6.07) is 21.5. The van der Waals surface area contributed by atoms with Crippen molar-refractivity contribution in [3.05, 3.63) is 108 Å². The van der Waals surface area contributed by atoms with Gasteiger partial charge in [0.1, 0.15) is 0 Å². The Labute approximate surface area is 199 Å². The first kappa shape index (κ1) is 24.1. The molecule has 1 aliphatic rings. The van der Waals surface area contributed by atoms with Gasteiger partial charge in [0.2, 0.25) is 0 Å². The SMILES string of the molecule is CC(C)(Br)C(O)OCCCSC(C1=CC=CCC=C1)(c1ccccc1)c1ccccc1. The van der Waals surface area contributed by atoms with Crippen LogP contribution in [0, 0.1) is 0 Å². The number of halogens is 1. The first-order valence-electron chi connectivity index (χ1n) is 10.7. The Hall–Kier alpha value is -1.59. The molecule has 0 aliphatic heterocycles. The molecule has 4 heteroatoms. The van der Waals surface area contributed by atoms with Gasteiger partial charge in [0.05, 0.1) is 15.7 Å². The third kappa shape index (κ3) is 6.23. The van der Waals surface area contributed by atoms with Gasteiger partial charge >= 0.3 is 0 Å². The first-order chi connectivity index (χ1) is 14.9. The lowest BCUT2D eigenvalue weighted by atomic mass is 9.83. The molecular weight excluding hydrogens is 468 g/mol. The summed E-state index contributed by atoms with van der Waals surface area (Å²) in [4.78, 5) is 0. The minimum atomic E-state index is -0.830. The van der Waals surface area contributed by atoms with Crippen molar-refractivity contribution in [2.24, 2.45) is 0 Å². The van der Waals surface area contributed by atoms with Crippen LogP contribution in [0.4, 0.5) is 0 Å². The minimum Gasteiger partial charge on any atom is -0.367 e. The molecule has 1 atom stereocenters. The molecule has 1 N–H and O–H groups in total. The van der Waals surface area contributed by atoms with Gasteiger partial charge in [0.25, 0.3) is 0 Å². The number of benzene rings is 2. The summed E-state index contributed by atoms with van der Waals surface area (Å²) in [7, 11) is 0. The topological polar surface area (TPSA) is 29.5 Å². The fraction of sp³-hybridized carbons (Fsp3) is 0.333. The van der Waals surface area contributed by atoms with Crippen molar-refractivity contribution in [1.82, 2.24) is 0 Å². The molecule has 3 rings (SSSR count). The third-order valence-corrected chi connectivity index (χ3v) is 7.24. The summed E-state index contributed by atoms with van der Waals surface area (Å²) in [5, 5.41) is 10.1. The van der Waals surface area contributed by atoms with E-state index in [0.29, 0.717) is 6.61 Å². The van der Waals surface area contributed by atoms with Gasteiger partial charge in [-0.25, -0.2) is 0 Å². The van der Waals surface area contributed by atoms with Gasteiger partial charge < -0.3 is 9.84 Å². The number of hydrogen-bond acceptors (Lipinski definition) is 3. The van der Waals surface area contributed by atoms with Crippen LogP contribution >= 0.6 is 27.7 Å². The summed E-state index contributed by atoms with van der Waals surface area (Å²) >= 11 is 5.39. The summed E-state index contributed by atoms with van der Waals surface area (Å²) in [5.41, 5.74) is 3.80. The molecule has 1 unspecified atom stereocenters. The zero-order valence-electron chi connectivity index (χ0n) is 18.2. The standard InChI is InChI=1S/C27H31BrO2S/c1-26(2,28)25(29)30-20-13-21-31-27(23-16-9-5-10-17-23,24-18-11-6-12-19-24)22-14-7-3-4-8-15-22/h3,5-12,14-19,25,29H,4,13,20-21H2,1-2H3. The lowest BCUT2D eigenvalue weighted by molar-refractivity contribution is -0.113. The van der Waals surface area contributed by atoms with Crippen molar-refractivity contribution >= 4 is 27.7 Å². The molecule has 2 aromatic rings. The Balaban J connectivity index is 1.90. The monoisotopic (exact) mass is 498 g/mol. The van der Waals surface area contributed by atoms with Crippen molar-refractivity contribution in [3.63, 3.8) is 0 Å². The van der Waals surface area contributed by atoms with Crippen LogP contribution in [0.1, 0.15) is 37.8 Å². The maximum absolute atomic E-state index is 10.1. The average Bonchev–Trinajstić information content (AvgIpc) is 3.07. The van der Waals surface area contributed by atoms with Crippen LogP contribution in [0.3, 0.4) is 0 Å². The van der Waals surface area contributed by atoms with Gasteiger partial charge in [-0.1, -0.05) is 107 Å². The van der Waals surface area contributed by atoms with Crippen LogP contribution in [0.2, 0.25) is 0 Å². The molecular formula is C27H31BrO2S. The molecule has 0 aromatic heterocycles. The first-order valence-corrected chi connectivity index (χ1v) is 12.5. The lowest BCUT2D eigenvalue weighted by Crippen LogP contribution is -2.32. The number of alkyl halides is 1. The number of aliphatic hydroxyl groups excluding tert-OH is 1. The smallest absolute Gasteiger partial charge is 0.169 e. The van der Waals surface area contributed by atoms with Crippen LogP contribution in [-0.4, -0.2) is 28.1 Å². The van der Waals surface area contributed by atoms with Crippen LogP contribution in [0.5, 0.6) is 0 Å². The fourth-order valence-corrected chi connectivity index (χ4v) is 5.20. The molecule has 164 valence electrons. The van der Waals surface area contributed by atoms with E-state index in [4.69, 9.17) is 4.74 Å². The van der Waals surface area contributed by atoms with Crippen molar-refractivity contribution in [1.29, 1.82) is 0 Å². The fourth-order valence-electron chi connectivity index (χ4n) is 3.59. The highest BCUT2D eigenvalue weighted by Crippen LogP contribution is 2.49. The molecule has 31 heavy (non-hydrogen) atoms. The second-order valence-corrected chi connectivity index (χ2v) is 11.4. The number of ether oxygens (including phenoxy) is 1. The second-order valence-electron chi connectivity index (χ2n) is 8.09. The molecule has 0 saturated heterocycles. The number of hydrogen-bond donors (Lipinski definition) is 1. The van der Waals surface area contributed by atoms with E-state index < -0.39 is 10.6 Å². The van der Waals surface area contributed by atoms with Crippen LogP contribution < -0.4 is 0 Å². The van der Waals surface area contributed by atoms with Gasteiger partial charge in [-0.2, -0.15) is 0 Å². The summed E-state index contributed by atoms with van der Waals surface area (Å²) in [5.74, 6) is 0.897. The van der Waals surface area contributed by atoms with Gasteiger partial charge in [0.15, 0.2) is 6.29 Å². The molecule has 0 amide bonds. The van der Waals surface area contributed by atoms with E-state index in [1.807, 2.05) is 25.6 Å². The molecule has 2 nitrogen and oxygen atoms in total. The molecule has 2 aromatic carbocycles. The number of allylic oxidation sites excluding steroid dienone is 5. The highest BCUT2D eigenvalue weighted by atomic mass is 79.9. The molecule has 0 radical (unpaired) electrons. The molecule has 1 aliphatic carbocycles. The normalized spacial score (nSPS) is 15.4. The lowest BCUT2D eigenvalue weighted by Gasteiger charge is -2.36. The maximum Gasteiger partial charge on any atom is 0.169 e. The Kier molecular flexibility index (Phi) is 8.79. The van der Waals surface area contributed by atoms with Gasteiger partial charge in [-0.3, -0.25) is 0 Å². The predicted molar refractivity (Wildman–Crippen MR) is 137 cm³/mol. The zero-order chi connectivity index (χ0) is 22.2. The third-order valence-electron chi connectivity index (χ3n) is 5.22. The molecule has 0 heterocycles. The Morgan fingerprint density at radius 2 is 1.61 bits per heavy atom. The quantitative estimate of drug-likeness (QED) is 0.217. The Bertz CT molecular complexity index is 858. The Morgan fingerprint density at radius 3 is 2.19 bits per heavy atom.